The molecule has 3 N–H and O–H groups in total. The Morgan fingerprint density at radius 1 is 0.298 bits per heavy atom. The van der Waals surface area contributed by atoms with Crippen molar-refractivity contribution in [3.8, 4) is 0 Å². The third-order valence-corrected chi connectivity index (χ3v) is 20.4. The van der Waals surface area contributed by atoms with Gasteiger partial charge >= 0.3 is 5.97 Å². The van der Waals surface area contributed by atoms with Gasteiger partial charge in [-0.25, -0.2) is 0 Å². The van der Waals surface area contributed by atoms with E-state index in [1.165, 1.54) is 417 Å². The summed E-state index contributed by atoms with van der Waals surface area (Å²) in [6, 6.07) is -0.627. The first-order valence-corrected chi connectivity index (χ1v) is 43.3. The fourth-order valence-corrected chi connectivity index (χ4v) is 13.8. The number of esters is 1. The second kappa shape index (κ2) is 83.5. The molecule has 556 valence electrons. The first-order chi connectivity index (χ1) is 46.5. The third kappa shape index (κ3) is 79.1. The van der Waals surface area contributed by atoms with Crippen LogP contribution in [-0.2, 0) is 14.3 Å². The molecule has 94 heavy (non-hydrogen) atoms. The molecule has 0 aliphatic carbocycles. The van der Waals surface area contributed by atoms with Crippen molar-refractivity contribution in [2.24, 2.45) is 0 Å². The number of carbonyl (C=O) groups excluding carboxylic acids is 2. The van der Waals surface area contributed by atoms with Crippen LogP contribution in [0.25, 0.3) is 0 Å². The summed E-state index contributed by atoms with van der Waals surface area (Å²) in [5.74, 6) is -0.0361. The van der Waals surface area contributed by atoms with E-state index in [0.29, 0.717) is 19.4 Å². The minimum Gasteiger partial charge on any atom is -0.466 e. The van der Waals surface area contributed by atoms with Gasteiger partial charge in [-0.1, -0.05) is 448 Å². The zero-order valence-corrected chi connectivity index (χ0v) is 64.0. The predicted molar refractivity (Wildman–Crippen MR) is 416 cm³/mol. The molecular formula is C88H169NO5. The van der Waals surface area contributed by atoms with Crippen molar-refractivity contribution in [2.45, 2.75) is 501 Å². The number of carbonyl (C=O) groups is 2. The number of allylic oxidation sites excluding steroid dienone is 5. The zero-order valence-electron chi connectivity index (χ0n) is 64.0. The van der Waals surface area contributed by atoms with E-state index >= 15 is 0 Å². The number of amides is 1. The lowest BCUT2D eigenvalue weighted by Crippen LogP contribution is -2.45. The van der Waals surface area contributed by atoms with Gasteiger partial charge in [0.25, 0.3) is 0 Å². The quantitative estimate of drug-likeness (QED) is 0.0320. The predicted octanol–water partition coefficient (Wildman–Crippen LogP) is 28.9. The number of hydrogen-bond donors (Lipinski definition) is 3. The Morgan fingerprint density at radius 3 is 0.809 bits per heavy atom. The van der Waals surface area contributed by atoms with Gasteiger partial charge in [0.1, 0.15) is 0 Å². The number of nitrogens with one attached hydrogen (secondary N) is 1. The summed E-state index contributed by atoms with van der Waals surface area (Å²) in [7, 11) is 0. The fraction of sp³-hybridized carbons (Fsp3) is 0.909. The van der Waals surface area contributed by atoms with Crippen LogP contribution < -0.4 is 5.32 Å². The van der Waals surface area contributed by atoms with Gasteiger partial charge in [-0.05, 0) is 64.2 Å². The van der Waals surface area contributed by atoms with Gasteiger partial charge < -0.3 is 20.3 Å². The molecule has 0 saturated heterocycles. The molecule has 0 aliphatic rings. The van der Waals surface area contributed by atoms with E-state index in [0.717, 1.165) is 44.9 Å². The number of unbranched alkanes of at least 4 members (excludes halogenated alkanes) is 67. The van der Waals surface area contributed by atoms with E-state index < -0.39 is 12.1 Å². The van der Waals surface area contributed by atoms with Crippen molar-refractivity contribution in [2.75, 3.05) is 13.2 Å². The highest BCUT2D eigenvalue weighted by molar-refractivity contribution is 5.76. The van der Waals surface area contributed by atoms with Crippen LogP contribution >= 0.6 is 0 Å². The first-order valence-electron chi connectivity index (χ1n) is 43.3. The molecule has 6 nitrogen and oxygen atoms in total. The molecule has 0 aromatic heterocycles. The van der Waals surface area contributed by atoms with E-state index in [1.54, 1.807) is 6.08 Å². The number of hydrogen-bond acceptors (Lipinski definition) is 5. The molecule has 0 heterocycles. The maximum absolute atomic E-state index is 12.6. The Bertz CT molecular complexity index is 1520. The molecule has 2 atom stereocenters. The molecular weight excluding hydrogens is 1150 g/mol. The topological polar surface area (TPSA) is 95.9 Å². The van der Waals surface area contributed by atoms with Gasteiger partial charge in [-0.2, -0.15) is 0 Å². The lowest BCUT2D eigenvalue weighted by atomic mass is 10.0. The molecule has 6 heteroatoms. The number of aliphatic hydroxyl groups is 2. The maximum Gasteiger partial charge on any atom is 0.305 e. The van der Waals surface area contributed by atoms with Crippen LogP contribution in [0.2, 0.25) is 0 Å². The molecule has 0 bridgehead atoms. The van der Waals surface area contributed by atoms with Crippen LogP contribution in [0.15, 0.2) is 36.5 Å². The van der Waals surface area contributed by atoms with Crippen molar-refractivity contribution in [3.63, 3.8) is 0 Å². The van der Waals surface area contributed by atoms with E-state index in [9.17, 15) is 19.8 Å². The van der Waals surface area contributed by atoms with Crippen molar-refractivity contribution >= 4 is 11.9 Å². The van der Waals surface area contributed by atoms with Crippen LogP contribution in [0.5, 0.6) is 0 Å². The average molecular weight is 1320 g/mol. The van der Waals surface area contributed by atoms with Crippen molar-refractivity contribution in [3.05, 3.63) is 36.5 Å². The lowest BCUT2D eigenvalue weighted by Gasteiger charge is -2.20. The molecule has 1 amide bonds. The fourth-order valence-electron chi connectivity index (χ4n) is 13.8. The molecule has 0 fully saturated rings. The minimum absolute atomic E-state index is 0.0233. The number of aliphatic hydroxyl groups excluding tert-OH is 2. The summed E-state index contributed by atoms with van der Waals surface area (Å²) in [5.41, 5.74) is 0. The molecule has 0 aromatic rings. The van der Waals surface area contributed by atoms with Crippen molar-refractivity contribution in [1.82, 2.24) is 5.32 Å². The molecule has 0 rings (SSSR count). The Hall–Kier alpha value is -1.92. The summed E-state index contributed by atoms with van der Waals surface area (Å²) >= 11 is 0. The SMILES string of the molecule is CCCCCCCCCCCCCCCCCCCCCCCC/C=C/C(O)C(CO)NC(=O)CCCCCCCCCCCCCCCCCCC/C=C\C/C=C\CCCCCCCCCCCCCCCCCOC(=O)CCCCCCCCCCCCCCCC. The normalized spacial score (nSPS) is 12.6. The van der Waals surface area contributed by atoms with E-state index in [1.807, 2.05) is 6.08 Å². The minimum atomic E-state index is -0.844. The van der Waals surface area contributed by atoms with E-state index in [4.69, 9.17) is 4.74 Å². The summed E-state index contributed by atoms with van der Waals surface area (Å²) in [4.78, 5) is 24.6. The highest BCUT2D eigenvalue weighted by atomic mass is 16.5. The smallest absolute Gasteiger partial charge is 0.305 e. The van der Waals surface area contributed by atoms with Crippen LogP contribution in [0, 0.1) is 0 Å². The van der Waals surface area contributed by atoms with Gasteiger partial charge in [0.2, 0.25) is 5.91 Å². The van der Waals surface area contributed by atoms with Crippen LogP contribution in [-0.4, -0.2) is 47.4 Å². The standard InChI is InChI=1S/C88H169NO5/c1-3-5-7-9-11-13-15-17-19-20-21-22-23-41-44-47-50-53-56-60-64-68-72-76-80-86(91)85(84-90)89-87(92)81-77-73-69-65-61-57-54-51-48-45-42-39-37-35-33-31-29-27-25-24-26-28-30-32-34-36-38-40-43-46-49-52-55-59-63-67-71-75-79-83-94-88(93)82-78-74-70-66-62-58-18-16-14-12-10-8-6-4-2/h24-25,28,30,76,80,85-86,90-91H,3-23,26-27,29,31-75,77-79,81-84H2,1-2H3,(H,89,92)/b25-24-,30-28-,80-76+. The molecule has 0 aromatic carbocycles. The van der Waals surface area contributed by atoms with Crippen LogP contribution in [0.1, 0.15) is 489 Å². The van der Waals surface area contributed by atoms with E-state index in [-0.39, 0.29) is 18.5 Å². The maximum atomic E-state index is 12.6. The highest BCUT2D eigenvalue weighted by Gasteiger charge is 2.18. The summed E-state index contributed by atoms with van der Waals surface area (Å²) in [5, 5.41) is 23.3. The number of ether oxygens (including phenoxy) is 1. The van der Waals surface area contributed by atoms with Gasteiger partial charge in [-0.15, -0.1) is 0 Å². The van der Waals surface area contributed by atoms with Gasteiger partial charge in [0.05, 0.1) is 25.4 Å². The van der Waals surface area contributed by atoms with Gasteiger partial charge in [0, 0.05) is 12.8 Å². The van der Waals surface area contributed by atoms with Crippen LogP contribution in [0.4, 0.5) is 0 Å². The molecule has 0 saturated carbocycles. The Balaban J connectivity index is 3.37. The summed E-state index contributed by atoms with van der Waals surface area (Å²) < 4.78 is 5.50. The second-order valence-electron chi connectivity index (χ2n) is 29.9. The summed E-state index contributed by atoms with van der Waals surface area (Å²) in [6.07, 6.45) is 110. The second-order valence-corrected chi connectivity index (χ2v) is 29.9. The van der Waals surface area contributed by atoms with Crippen LogP contribution in [0.3, 0.4) is 0 Å². The van der Waals surface area contributed by atoms with Crippen molar-refractivity contribution < 1.29 is 24.5 Å². The van der Waals surface area contributed by atoms with Crippen molar-refractivity contribution in [1.29, 1.82) is 0 Å². The lowest BCUT2D eigenvalue weighted by molar-refractivity contribution is -0.143. The number of rotatable bonds is 82. The van der Waals surface area contributed by atoms with E-state index in [2.05, 4.69) is 43.5 Å². The summed E-state index contributed by atoms with van der Waals surface area (Å²) in [6.45, 7) is 4.96. The Kier molecular flexibility index (Phi) is 81.8. The molecule has 2 unspecified atom stereocenters. The zero-order chi connectivity index (χ0) is 67.7. The molecule has 0 spiro atoms. The largest absolute Gasteiger partial charge is 0.466 e. The molecule has 0 aliphatic heterocycles. The average Bonchev–Trinajstić information content (AvgIpc) is 2.94. The first kappa shape index (κ1) is 92.1. The molecule has 0 radical (unpaired) electrons. The van der Waals surface area contributed by atoms with Gasteiger partial charge in [0.15, 0.2) is 0 Å². The highest BCUT2D eigenvalue weighted by Crippen LogP contribution is 2.20. The third-order valence-electron chi connectivity index (χ3n) is 20.4. The Morgan fingerprint density at radius 2 is 0.532 bits per heavy atom. The monoisotopic (exact) mass is 1320 g/mol. The Labute approximate surface area is 589 Å². The van der Waals surface area contributed by atoms with Gasteiger partial charge in [-0.3, -0.25) is 9.59 Å².